The number of hydrogen-bond donors (Lipinski definition) is 3. The lowest BCUT2D eigenvalue weighted by molar-refractivity contribution is -0.0240. The first-order chi connectivity index (χ1) is 7.97. The summed E-state index contributed by atoms with van der Waals surface area (Å²) in [6, 6.07) is 8.35. The van der Waals surface area contributed by atoms with Crippen molar-refractivity contribution < 1.29 is 4.74 Å². The van der Waals surface area contributed by atoms with Crippen molar-refractivity contribution in [2.24, 2.45) is 0 Å². The monoisotopic (exact) mass is 302 g/mol. The highest BCUT2D eigenvalue weighted by Crippen LogP contribution is 2.48. The van der Waals surface area contributed by atoms with Gasteiger partial charge < -0.3 is 4.74 Å². The molecule has 1 unspecified atom stereocenters. The molecule has 5 heteroatoms. The quantitative estimate of drug-likeness (QED) is 0.558. The van der Waals surface area contributed by atoms with Gasteiger partial charge in [0.1, 0.15) is 5.22 Å². The molecule has 1 aromatic rings. The molecule has 1 aromatic carbocycles. The van der Waals surface area contributed by atoms with Crippen LogP contribution in [0, 0.1) is 6.92 Å². The first-order valence-electron chi connectivity index (χ1n) is 5.84. The van der Waals surface area contributed by atoms with Crippen LogP contribution in [0.3, 0.4) is 0 Å². The highest BCUT2D eigenvalue weighted by Gasteiger charge is 2.51. The molecular formula is C12H18OS3Si. The standard InChI is InChI=1S/C12H18OS3Si/c1-10-6-2-3-7-11(10)12(17(14,15)16)8-4-5-9-13-12/h2-3,6-7,14-16H,4-5,8-9H2,1H3. The van der Waals surface area contributed by atoms with E-state index < -0.39 is 5.52 Å². The smallest absolute Gasteiger partial charge is 0.265 e. The summed E-state index contributed by atoms with van der Waals surface area (Å²) < 4.78 is 6.13. The molecule has 0 saturated carbocycles. The van der Waals surface area contributed by atoms with E-state index in [1.807, 2.05) is 6.07 Å². The molecule has 1 aliphatic heterocycles. The van der Waals surface area contributed by atoms with Gasteiger partial charge in [0.2, 0.25) is 0 Å². The van der Waals surface area contributed by atoms with Crippen LogP contribution in [0.5, 0.6) is 0 Å². The topological polar surface area (TPSA) is 9.23 Å². The van der Waals surface area contributed by atoms with E-state index in [0.717, 1.165) is 25.9 Å². The van der Waals surface area contributed by atoms with Crippen molar-refractivity contribution >= 4 is 41.8 Å². The van der Waals surface area contributed by atoms with E-state index >= 15 is 0 Å². The number of rotatable bonds is 2. The number of aryl methyl sites for hydroxylation is 1. The van der Waals surface area contributed by atoms with Crippen molar-refractivity contribution in [1.29, 1.82) is 0 Å². The third kappa shape index (κ3) is 2.58. The molecule has 0 spiro atoms. The Balaban J connectivity index is 2.51. The highest BCUT2D eigenvalue weighted by atomic mass is 32.7. The summed E-state index contributed by atoms with van der Waals surface area (Å²) in [7, 11) is 0. The molecular weight excluding hydrogens is 284 g/mol. The van der Waals surface area contributed by atoms with Gasteiger partial charge in [-0.1, -0.05) is 24.3 Å². The number of benzene rings is 1. The van der Waals surface area contributed by atoms with Gasteiger partial charge in [-0.15, -0.1) is 0 Å². The summed E-state index contributed by atoms with van der Waals surface area (Å²) in [6.45, 7) is 2.90. The van der Waals surface area contributed by atoms with Gasteiger partial charge in [-0.25, -0.2) is 0 Å². The summed E-state index contributed by atoms with van der Waals surface area (Å²) in [5.74, 6) is 0. The Labute approximate surface area is 120 Å². The molecule has 1 saturated heterocycles. The second-order valence-electron chi connectivity index (χ2n) is 4.58. The maximum Gasteiger partial charge on any atom is 0.265 e. The van der Waals surface area contributed by atoms with Crippen LogP contribution in [-0.4, -0.2) is 12.1 Å². The highest BCUT2D eigenvalue weighted by molar-refractivity contribution is 8.68. The molecule has 17 heavy (non-hydrogen) atoms. The third-order valence-corrected chi connectivity index (χ3v) is 8.39. The van der Waals surface area contributed by atoms with Crippen molar-refractivity contribution in [2.75, 3.05) is 6.61 Å². The van der Waals surface area contributed by atoms with E-state index in [2.05, 4.69) is 61.4 Å². The fourth-order valence-electron chi connectivity index (χ4n) is 2.48. The first-order valence-corrected chi connectivity index (χ1v) is 11.7. The zero-order chi connectivity index (χ0) is 12.5. The Hall–Kier alpha value is 0.447. The zero-order valence-electron chi connectivity index (χ0n) is 9.89. The molecule has 0 amide bonds. The van der Waals surface area contributed by atoms with E-state index in [1.54, 1.807) is 0 Å². The molecule has 0 N–H and O–H groups in total. The molecule has 1 aliphatic rings. The van der Waals surface area contributed by atoms with Crippen molar-refractivity contribution in [2.45, 2.75) is 31.4 Å². The fraction of sp³-hybridized carbons (Fsp3) is 0.500. The Morgan fingerprint density at radius 3 is 2.41 bits per heavy atom. The maximum atomic E-state index is 6.13. The lowest BCUT2D eigenvalue weighted by atomic mass is 9.96. The molecule has 0 radical (unpaired) electrons. The summed E-state index contributed by atoms with van der Waals surface area (Å²) in [4.78, 5) is 0. The Morgan fingerprint density at radius 1 is 1.18 bits per heavy atom. The first kappa shape index (κ1) is 13.9. The third-order valence-electron chi connectivity index (χ3n) is 3.39. The fourth-order valence-corrected chi connectivity index (χ4v) is 6.60. The summed E-state index contributed by atoms with van der Waals surface area (Å²) in [5, 5.41) is -0.369. The lowest BCUT2D eigenvalue weighted by Gasteiger charge is -2.44. The Kier molecular flexibility index (Phi) is 4.25. The molecule has 1 atom stereocenters. The SMILES string of the molecule is Cc1ccccc1C1([Si](S)(S)S)CCCCO1. The van der Waals surface area contributed by atoms with Crippen molar-refractivity contribution in [3.05, 3.63) is 35.4 Å². The minimum Gasteiger partial charge on any atom is -0.371 e. The van der Waals surface area contributed by atoms with Gasteiger partial charge in [0, 0.05) is 6.61 Å². The molecule has 0 aromatic heterocycles. The van der Waals surface area contributed by atoms with E-state index in [9.17, 15) is 0 Å². The number of ether oxygens (including phenoxy) is 1. The van der Waals surface area contributed by atoms with Crippen molar-refractivity contribution in [1.82, 2.24) is 0 Å². The van der Waals surface area contributed by atoms with Crippen LogP contribution in [-0.2, 0) is 9.96 Å². The maximum absolute atomic E-state index is 6.13. The van der Waals surface area contributed by atoms with Crippen LogP contribution in [0.4, 0.5) is 0 Å². The van der Waals surface area contributed by atoms with Gasteiger partial charge in [0.25, 0.3) is 5.52 Å². The summed E-state index contributed by atoms with van der Waals surface area (Å²) in [6.07, 6.45) is 3.25. The van der Waals surface area contributed by atoms with E-state index in [1.165, 1.54) is 11.1 Å². The van der Waals surface area contributed by atoms with Crippen LogP contribution in [0.15, 0.2) is 24.3 Å². The van der Waals surface area contributed by atoms with Gasteiger partial charge >= 0.3 is 0 Å². The number of thiol groups is 3. The normalized spacial score (nSPS) is 25.9. The number of hydrogen-bond acceptors (Lipinski definition) is 4. The van der Waals surface area contributed by atoms with Crippen LogP contribution < -0.4 is 0 Å². The predicted octanol–water partition coefficient (Wildman–Crippen LogP) is 3.66. The molecule has 1 fully saturated rings. The van der Waals surface area contributed by atoms with Gasteiger partial charge in [-0.3, -0.25) is 0 Å². The molecule has 1 nitrogen and oxygen atoms in total. The Morgan fingerprint density at radius 2 is 1.88 bits per heavy atom. The molecule has 0 aliphatic carbocycles. The van der Waals surface area contributed by atoms with Crippen LogP contribution >= 0.6 is 36.2 Å². The summed E-state index contributed by atoms with van der Waals surface area (Å²) in [5.41, 5.74) is 0.136. The minimum atomic E-state index is -2.32. The molecule has 2 rings (SSSR count). The average Bonchev–Trinajstić information content (AvgIpc) is 2.29. The lowest BCUT2D eigenvalue weighted by Crippen LogP contribution is -2.49. The van der Waals surface area contributed by atoms with Crippen molar-refractivity contribution in [3.8, 4) is 0 Å². The van der Waals surface area contributed by atoms with Crippen LogP contribution in [0.25, 0.3) is 0 Å². The predicted molar refractivity (Wildman–Crippen MR) is 85.4 cm³/mol. The Bertz CT molecular complexity index is 397. The average molecular weight is 303 g/mol. The zero-order valence-corrected chi connectivity index (χ0v) is 13.6. The van der Waals surface area contributed by atoms with Crippen molar-refractivity contribution in [3.63, 3.8) is 0 Å². The minimum absolute atomic E-state index is 0.369. The molecule has 94 valence electrons. The van der Waals surface area contributed by atoms with Gasteiger partial charge in [-0.05, 0) is 37.3 Å². The summed E-state index contributed by atoms with van der Waals surface area (Å²) >= 11 is 14.1. The van der Waals surface area contributed by atoms with E-state index in [-0.39, 0.29) is 5.22 Å². The van der Waals surface area contributed by atoms with E-state index in [0.29, 0.717) is 0 Å². The van der Waals surface area contributed by atoms with Gasteiger partial charge in [-0.2, -0.15) is 36.2 Å². The second kappa shape index (κ2) is 5.21. The van der Waals surface area contributed by atoms with Crippen LogP contribution in [0.1, 0.15) is 30.4 Å². The van der Waals surface area contributed by atoms with E-state index in [4.69, 9.17) is 4.74 Å². The largest absolute Gasteiger partial charge is 0.371 e. The molecule has 0 bridgehead atoms. The van der Waals surface area contributed by atoms with Gasteiger partial charge in [0.05, 0.1) is 0 Å². The van der Waals surface area contributed by atoms with Gasteiger partial charge in [0.15, 0.2) is 0 Å². The van der Waals surface area contributed by atoms with Crippen LogP contribution in [0.2, 0.25) is 0 Å². The second-order valence-corrected chi connectivity index (χ2v) is 15.9. The molecule has 1 heterocycles.